The zero-order valence-electron chi connectivity index (χ0n) is 17.7. The van der Waals surface area contributed by atoms with Crippen LogP contribution in [0.3, 0.4) is 0 Å². The number of aliphatic hydroxyl groups is 2. The summed E-state index contributed by atoms with van der Waals surface area (Å²) in [6.45, 7) is 0. The molecule has 4 rings (SSSR count). The van der Waals surface area contributed by atoms with Gasteiger partial charge in [-0.25, -0.2) is 0 Å². The Bertz CT molecular complexity index is 865. The van der Waals surface area contributed by atoms with Gasteiger partial charge < -0.3 is 15.5 Å². The van der Waals surface area contributed by atoms with Crippen molar-refractivity contribution < 1.29 is 10.2 Å². The van der Waals surface area contributed by atoms with Crippen LogP contribution in [0.15, 0.2) is 91.0 Å². The highest BCUT2D eigenvalue weighted by Crippen LogP contribution is 2.36. The van der Waals surface area contributed by atoms with Crippen molar-refractivity contribution >= 4 is 12.4 Å². The van der Waals surface area contributed by atoms with Crippen LogP contribution in [0.25, 0.3) is 0 Å². The second-order valence-electron chi connectivity index (χ2n) is 8.45. The molecular weight excluding hydrogens is 406 g/mol. The molecule has 4 heteroatoms. The maximum absolute atomic E-state index is 11.9. The van der Waals surface area contributed by atoms with E-state index in [9.17, 15) is 10.2 Å². The lowest BCUT2D eigenvalue weighted by Crippen LogP contribution is -2.47. The van der Waals surface area contributed by atoms with Gasteiger partial charge in [0, 0.05) is 12.1 Å². The minimum absolute atomic E-state index is 0. The van der Waals surface area contributed by atoms with Gasteiger partial charge in [-0.3, -0.25) is 0 Å². The maximum atomic E-state index is 11.9. The minimum atomic E-state index is -1.04. The lowest BCUT2D eigenvalue weighted by molar-refractivity contribution is 0.0488. The van der Waals surface area contributed by atoms with Crippen LogP contribution < -0.4 is 5.32 Å². The second-order valence-corrected chi connectivity index (χ2v) is 8.45. The summed E-state index contributed by atoms with van der Waals surface area (Å²) < 4.78 is 0. The van der Waals surface area contributed by atoms with Gasteiger partial charge in [-0.2, -0.15) is 0 Å². The molecule has 0 radical (unpaired) electrons. The molecule has 164 valence electrons. The van der Waals surface area contributed by atoms with Gasteiger partial charge in [-0.15, -0.1) is 12.4 Å². The fourth-order valence-corrected chi connectivity index (χ4v) is 4.73. The third-order valence-electron chi connectivity index (χ3n) is 6.31. The first-order valence-electron chi connectivity index (χ1n) is 11.0. The highest BCUT2D eigenvalue weighted by molar-refractivity contribution is 5.85. The molecule has 0 aromatic heterocycles. The second kappa shape index (κ2) is 10.9. The molecule has 3 atom stereocenters. The number of aliphatic hydroxyl groups excluding tert-OH is 1. The summed E-state index contributed by atoms with van der Waals surface area (Å²) in [6, 6.07) is 30.2. The van der Waals surface area contributed by atoms with Gasteiger partial charge in [0.15, 0.2) is 0 Å². The van der Waals surface area contributed by atoms with Crippen molar-refractivity contribution in [2.24, 2.45) is 0 Å². The van der Waals surface area contributed by atoms with Gasteiger partial charge in [0.05, 0.1) is 6.10 Å². The van der Waals surface area contributed by atoms with E-state index in [1.54, 1.807) is 0 Å². The molecule has 31 heavy (non-hydrogen) atoms. The third kappa shape index (κ3) is 5.75. The molecule has 3 aromatic rings. The van der Waals surface area contributed by atoms with E-state index in [1.165, 1.54) is 0 Å². The number of rotatable bonds is 7. The fraction of sp³-hybridized carbons (Fsp3) is 0.333. The van der Waals surface area contributed by atoms with Crippen LogP contribution in [0.1, 0.15) is 54.9 Å². The zero-order valence-corrected chi connectivity index (χ0v) is 18.5. The van der Waals surface area contributed by atoms with Crippen molar-refractivity contribution in [2.75, 3.05) is 0 Å². The van der Waals surface area contributed by atoms with Gasteiger partial charge in [0.1, 0.15) is 5.60 Å². The van der Waals surface area contributed by atoms with Crippen molar-refractivity contribution in [3.8, 4) is 0 Å². The fourth-order valence-electron chi connectivity index (χ4n) is 4.73. The molecule has 0 bridgehead atoms. The molecule has 0 aliphatic carbocycles. The van der Waals surface area contributed by atoms with Crippen LogP contribution in [-0.4, -0.2) is 22.3 Å². The van der Waals surface area contributed by atoms with Crippen LogP contribution in [0.2, 0.25) is 0 Å². The van der Waals surface area contributed by atoms with Crippen LogP contribution in [-0.2, 0) is 5.60 Å². The van der Waals surface area contributed by atoms with E-state index >= 15 is 0 Å². The molecule has 1 heterocycles. The highest BCUT2D eigenvalue weighted by Gasteiger charge is 2.36. The molecule has 3 nitrogen and oxygen atoms in total. The number of hydrogen-bond acceptors (Lipinski definition) is 3. The summed E-state index contributed by atoms with van der Waals surface area (Å²) in [5, 5.41) is 26.3. The molecule has 0 amide bonds. The lowest BCUT2D eigenvalue weighted by Gasteiger charge is -2.38. The average Bonchev–Trinajstić information content (AvgIpc) is 2.81. The Labute approximate surface area is 191 Å². The van der Waals surface area contributed by atoms with Crippen molar-refractivity contribution in [3.05, 3.63) is 108 Å². The van der Waals surface area contributed by atoms with Gasteiger partial charge in [-0.1, -0.05) is 97.4 Å². The molecule has 0 saturated carbocycles. The summed E-state index contributed by atoms with van der Waals surface area (Å²) in [5.41, 5.74) is 1.76. The van der Waals surface area contributed by atoms with Crippen LogP contribution >= 0.6 is 12.4 Å². The van der Waals surface area contributed by atoms with E-state index in [0.717, 1.165) is 36.0 Å². The number of benzene rings is 3. The number of halogens is 1. The van der Waals surface area contributed by atoms with E-state index in [1.807, 2.05) is 91.0 Å². The highest BCUT2D eigenvalue weighted by atomic mass is 35.5. The maximum Gasteiger partial charge on any atom is 0.116 e. The molecular formula is C27H32ClNO2. The van der Waals surface area contributed by atoms with E-state index < -0.39 is 11.7 Å². The normalized spacial score (nSPS) is 19.9. The average molecular weight is 438 g/mol. The van der Waals surface area contributed by atoms with Crippen LogP contribution in [0.5, 0.6) is 0 Å². The molecule has 3 unspecified atom stereocenters. The molecule has 1 aliphatic rings. The Morgan fingerprint density at radius 3 is 1.81 bits per heavy atom. The Morgan fingerprint density at radius 2 is 1.26 bits per heavy atom. The van der Waals surface area contributed by atoms with E-state index in [-0.39, 0.29) is 24.5 Å². The van der Waals surface area contributed by atoms with Gasteiger partial charge in [-0.05, 0) is 42.4 Å². The predicted octanol–water partition coefficient (Wildman–Crippen LogP) is 5.37. The van der Waals surface area contributed by atoms with Gasteiger partial charge in [0.25, 0.3) is 0 Å². The van der Waals surface area contributed by atoms with Gasteiger partial charge in [0.2, 0.25) is 0 Å². The lowest BCUT2D eigenvalue weighted by atomic mass is 9.79. The minimum Gasteiger partial charge on any atom is -0.388 e. The van der Waals surface area contributed by atoms with E-state index in [0.29, 0.717) is 12.8 Å². The van der Waals surface area contributed by atoms with Crippen molar-refractivity contribution in [1.82, 2.24) is 5.32 Å². The number of nitrogens with one attached hydrogen (secondary N) is 1. The summed E-state index contributed by atoms with van der Waals surface area (Å²) in [5.74, 6) is 0. The topological polar surface area (TPSA) is 52.5 Å². The van der Waals surface area contributed by atoms with Crippen molar-refractivity contribution in [3.63, 3.8) is 0 Å². The summed E-state index contributed by atoms with van der Waals surface area (Å²) in [4.78, 5) is 0. The smallest absolute Gasteiger partial charge is 0.116 e. The Kier molecular flexibility index (Phi) is 8.28. The summed E-state index contributed by atoms with van der Waals surface area (Å²) in [6.07, 6.45) is 4.01. The van der Waals surface area contributed by atoms with Crippen LogP contribution in [0, 0.1) is 0 Å². The van der Waals surface area contributed by atoms with E-state index in [2.05, 4.69) is 5.32 Å². The van der Waals surface area contributed by atoms with Crippen molar-refractivity contribution in [2.45, 2.75) is 55.9 Å². The largest absolute Gasteiger partial charge is 0.388 e. The molecule has 1 aliphatic heterocycles. The quantitative estimate of drug-likeness (QED) is 0.465. The van der Waals surface area contributed by atoms with E-state index in [4.69, 9.17) is 0 Å². The number of piperidine rings is 1. The molecule has 1 saturated heterocycles. The Morgan fingerprint density at radius 1 is 0.774 bits per heavy atom. The predicted molar refractivity (Wildman–Crippen MR) is 128 cm³/mol. The number of hydrogen-bond donors (Lipinski definition) is 3. The first kappa shape index (κ1) is 23.5. The van der Waals surface area contributed by atoms with Crippen LogP contribution in [0.4, 0.5) is 0 Å². The molecule has 3 N–H and O–H groups in total. The standard InChI is InChI=1S/C27H31NO2.ClH/c29-26(21-11-4-1-5-12-21)19-24-17-10-18-25(28-24)20-27(30,22-13-6-2-7-14-22)23-15-8-3-9-16-23;/h1-9,11-16,24-26,28-30H,10,17-20H2;1H. The SMILES string of the molecule is Cl.OC(CC1CCCC(CC(O)(c2ccccc2)c2ccccc2)N1)c1ccccc1. The molecule has 3 aromatic carbocycles. The first-order valence-corrected chi connectivity index (χ1v) is 11.0. The molecule has 1 fully saturated rings. The van der Waals surface area contributed by atoms with Gasteiger partial charge >= 0.3 is 0 Å². The summed E-state index contributed by atoms with van der Waals surface area (Å²) in [7, 11) is 0. The Balaban J connectivity index is 0.00000272. The Hall–Kier alpha value is -2.17. The molecule has 0 spiro atoms. The zero-order chi connectivity index (χ0) is 20.8. The third-order valence-corrected chi connectivity index (χ3v) is 6.31. The van der Waals surface area contributed by atoms with Crippen molar-refractivity contribution in [1.29, 1.82) is 0 Å². The summed E-state index contributed by atoms with van der Waals surface area (Å²) >= 11 is 0. The first-order chi connectivity index (χ1) is 14.6. The monoisotopic (exact) mass is 437 g/mol.